The van der Waals surface area contributed by atoms with Crippen LogP contribution in [-0.2, 0) is 10.9 Å². The molecule has 20 heavy (non-hydrogen) atoms. The SMILES string of the molecule is CNc1nc(NC2CCC(OC)C2)cc(C(F)(F)F)n1. The summed E-state index contributed by atoms with van der Waals surface area (Å²) in [5, 5.41) is 5.56. The van der Waals surface area contributed by atoms with Crippen molar-refractivity contribution in [2.45, 2.75) is 37.6 Å². The molecule has 0 saturated heterocycles. The van der Waals surface area contributed by atoms with Gasteiger partial charge in [0.25, 0.3) is 0 Å². The molecule has 0 radical (unpaired) electrons. The maximum absolute atomic E-state index is 12.7. The fraction of sp³-hybridized carbons (Fsp3) is 0.667. The molecular formula is C12H17F3N4O. The van der Waals surface area contributed by atoms with Gasteiger partial charge in [-0.3, -0.25) is 0 Å². The van der Waals surface area contributed by atoms with Gasteiger partial charge in [0.2, 0.25) is 5.95 Å². The molecule has 0 spiro atoms. The first-order chi connectivity index (χ1) is 9.42. The molecular weight excluding hydrogens is 273 g/mol. The van der Waals surface area contributed by atoms with Gasteiger partial charge in [-0.1, -0.05) is 0 Å². The minimum absolute atomic E-state index is 0.0522. The van der Waals surface area contributed by atoms with Crippen LogP contribution >= 0.6 is 0 Å². The molecule has 8 heteroatoms. The fourth-order valence-electron chi connectivity index (χ4n) is 2.27. The van der Waals surface area contributed by atoms with Gasteiger partial charge >= 0.3 is 6.18 Å². The lowest BCUT2D eigenvalue weighted by molar-refractivity contribution is -0.141. The summed E-state index contributed by atoms with van der Waals surface area (Å²) in [5.74, 6) is 0.127. The second-order valence-electron chi connectivity index (χ2n) is 4.72. The van der Waals surface area contributed by atoms with Gasteiger partial charge in [0.05, 0.1) is 6.10 Å². The monoisotopic (exact) mass is 290 g/mol. The Labute approximate surface area is 114 Å². The minimum atomic E-state index is -4.49. The fourth-order valence-corrected chi connectivity index (χ4v) is 2.27. The number of hydrogen-bond acceptors (Lipinski definition) is 5. The van der Waals surface area contributed by atoms with Crippen LogP contribution in [0.25, 0.3) is 0 Å². The largest absolute Gasteiger partial charge is 0.433 e. The standard InChI is InChI=1S/C12H17F3N4O/c1-16-11-18-9(12(13,14)15)6-10(19-11)17-7-3-4-8(5-7)20-2/h6-8H,3-5H2,1-2H3,(H2,16,17,18,19). The van der Waals surface area contributed by atoms with E-state index in [-0.39, 0.29) is 23.9 Å². The number of hydrogen-bond donors (Lipinski definition) is 2. The van der Waals surface area contributed by atoms with Crippen molar-refractivity contribution >= 4 is 11.8 Å². The van der Waals surface area contributed by atoms with Crippen LogP contribution in [-0.4, -0.2) is 36.3 Å². The van der Waals surface area contributed by atoms with Crippen molar-refractivity contribution < 1.29 is 17.9 Å². The zero-order valence-corrected chi connectivity index (χ0v) is 11.3. The van der Waals surface area contributed by atoms with E-state index < -0.39 is 11.9 Å². The molecule has 1 heterocycles. The van der Waals surface area contributed by atoms with Gasteiger partial charge in [-0.25, -0.2) is 4.98 Å². The Kier molecular flexibility index (Phi) is 4.32. The third-order valence-electron chi connectivity index (χ3n) is 3.31. The van der Waals surface area contributed by atoms with Gasteiger partial charge in [0.15, 0.2) is 5.69 Å². The first-order valence-corrected chi connectivity index (χ1v) is 6.35. The summed E-state index contributed by atoms with van der Waals surface area (Å²) in [6.45, 7) is 0. The molecule has 0 amide bonds. The van der Waals surface area contributed by atoms with Crippen molar-refractivity contribution in [3.63, 3.8) is 0 Å². The van der Waals surface area contributed by atoms with Crippen LogP contribution in [0.1, 0.15) is 25.0 Å². The third-order valence-corrected chi connectivity index (χ3v) is 3.31. The zero-order chi connectivity index (χ0) is 14.8. The van der Waals surface area contributed by atoms with E-state index in [1.165, 1.54) is 7.05 Å². The molecule has 1 fully saturated rings. The molecule has 0 aromatic carbocycles. The minimum Gasteiger partial charge on any atom is -0.381 e. The highest BCUT2D eigenvalue weighted by Gasteiger charge is 2.34. The predicted octanol–water partition coefficient (Wildman–Crippen LogP) is 2.52. The van der Waals surface area contributed by atoms with E-state index >= 15 is 0 Å². The van der Waals surface area contributed by atoms with Crippen LogP contribution in [0.2, 0.25) is 0 Å². The summed E-state index contributed by atoms with van der Waals surface area (Å²) < 4.78 is 43.5. The smallest absolute Gasteiger partial charge is 0.381 e. The Hall–Kier alpha value is -1.57. The van der Waals surface area contributed by atoms with Gasteiger partial charge in [-0.05, 0) is 19.3 Å². The molecule has 112 valence electrons. The average Bonchev–Trinajstić information content (AvgIpc) is 2.85. The molecule has 2 atom stereocenters. The van der Waals surface area contributed by atoms with Crippen LogP contribution < -0.4 is 10.6 Å². The maximum Gasteiger partial charge on any atom is 0.433 e. The van der Waals surface area contributed by atoms with Gasteiger partial charge in [-0.15, -0.1) is 0 Å². The third kappa shape index (κ3) is 3.50. The second-order valence-corrected chi connectivity index (χ2v) is 4.72. The molecule has 1 saturated carbocycles. The van der Waals surface area contributed by atoms with Crippen molar-refractivity contribution in [1.29, 1.82) is 0 Å². The van der Waals surface area contributed by atoms with E-state index in [0.29, 0.717) is 0 Å². The second kappa shape index (κ2) is 5.82. The normalized spacial score (nSPS) is 22.9. The Morgan fingerprint density at radius 3 is 2.60 bits per heavy atom. The molecule has 1 aromatic rings. The van der Waals surface area contributed by atoms with Crippen LogP contribution in [0, 0.1) is 0 Å². The number of nitrogens with zero attached hydrogens (tertiary/aromatic N) is 2. The Balaban J connectivity index is 2.15. The van der Waals surface area contributed by atoms with Crippen LogP contribution in [0.3, 0.4) is 0 Å². The van der Waals surface area contributed by atoms with E-state index in [1.807, 2.05) is 0 Å². The number of nitrogens with one attached hydrogen (secondary N) is 2. The highest BCUT2D eigenvalue weighted by atomic mass is 19.4. The molecule has 1 aliphatic rings. The van der Waals surface area contributed by atoms with E-state index in [1.54, 1.807) is 7.11 Å². The summed E-state index contributed by atoms with van der Waals surface area (Å²) in [6, 6.07) is 1.00. The lowest BCUT2D eigenvalue weighted by atomic mass is 10.2. The summed E-state index contributed by atoms with van der Waals surface area (Å²) in [5.41, 5.74) is -0.958. The summed E-state index contributed by atoms with van der Waals surface area (Å²) >= 11 is 0. The predicted molar refractivity (Wildman–Crippen MR) is 68.6 cm³/mol. The topological polar surface area (TPSA) is 59.1 Å². The van der Waals surface area contributed by atoms with E-state index in [2.05, 4.69) is 20.6 Å². The number of alkyl halides is 3. The molecule has 2 N–H and O–H groups in total. The number of halogens is 3. The summed E-state index contributed by atoms with van der Waals surface area (Å²) in [4.78, 5) is 7.42. The first kappa shape index (κ1) is 14.8. The maximum atomic E-state index is 12.7. The van der Waals surface area contributed by atoms with Gasteiger partial charge < -0.3 is 15.4 Å². The summed E-state index contributed by atoms with van der Waals surface area (Å²) in [6.07, 6.45) is -1.84. The lowest BCUT2D eigenvalue weighted by Gasteiger charge is -2.16. The lowest BCUT2D eigenvalue weighted by Crippen LogP contribution is -2.20. The van der Waals surface area contributed by atoms with Crippen molar-refractivity contribution in [3.05, 3.63) is 11.8 Å². The first-order valence-electron chi connectivity index (χ1n) is 6.35. The number of anilines is 2. The molecule has 1 aromatic heterocycles. The van der Waals surface area contributed by atoms with Crippen molar-refractivity contribution in [2.75, 3.05) is 24.8 Å². The quantitative estimate of drug-likeness (QED) is 0.892. The highest BCUT2D eigenvalue weighted by Crippen LogP contribution is 2.31. The summed E-state index contributed by atoms with van der Waals surface area (Å²) in [7, 11) is 3.12. The number of methoxy groups -OCH3 is 1. The number of aromatic nitrogens is 2. The van der Waals surface area contributed by atoms with Crippen LogP contribution in [0.15, 0.2) is 6.07 Å². The highest BCUT2D eigenvalue weighted by molar-refractivity contribution is 5.43. The molecule has 1 aliphatic carbocycles. The Morgan fingerprint density at radius 1 is 1.30 bits per heavy atom. The molecule has 5 nitrogen and oxygen atoms in total. The molecule has 0 bridgehead atoms. The molecule has 0 aliphatic heterocycles. The van der Waals surface area contributed by atoms with E-state index in [4.69, 9.17) is 4.74 Å². The van der Waals surface area contributed by atoms with E-state index in [0.717, 1.165) is 25.3 Å². The van der Waals surface area contributed by atoms with Crippen molar-refractivity contribution in [1.82, 2.24) is 9.97 Å². The van der Waals surface area contributed by atoms with Gasteiger partial charge in [-0.2, -0.15) is 18.2 Å². The number of rotatable bonds is 4. The van der Waals surface area contributed by atoms with Gasteiger partial charge in [0.1, 0.15) is 5.82 Å². The van der Waals surface area contributed by atoms with Gasteiger partial charge in [0, 0.05) is 26.3 Å². The van der Waals surface area contributed by atoms with Crippen molar-refractivity contribution in [2.24, 2.45) is 0 Å². The van der Waals surface area contributed by atoms with Crippen LogP contribution in [0.4, 0.5) is 24.9 Å². The van der Waals surface area contributed by atoms with Crippen molar-refractivity contribution in [3.8, 4) is 0 Å². The van der Waals surface area contributed by atoms with E-state index in [9.17, 15) is 13.2 Å². The average molecular weight is 290 g/mol. The Morgan fingerprint density at radius 2 is 2.05 bits per heavy atom. The molecule has 2 rings (SSSR count). The number of ether oxygens (including phenoxy) is 1. The zero-order valence-electron chi connectivity index (χ0n) is 11.3. The molecule has 2 unspecified atom stereocenters. The Bertz CT molecular complexity index is 467. The van der Waals surface area contributed by atoms with Crippen LogP contribution in [0.5, 0.6) is 0 Å².